The first kappa shape index (κ1) is 21.6. The molecule has 6 heteroatoms. The van der Waals surface area contributed by atoms with Crippen molar-refractivity contribution >= 4 is 11.0 Å². The van der Waals surface area contributed by atoms with Crippen LogP contribution in [0.3, 0.4) is 0 Å². The van der Waals surface area contributed by atoms with Crippen LogP contribution in [0.5, 0.6) is 23.0 Å². The topological polar surface area (TPSA) is 54.7 Å². The summed E-state index contributed by atoms with van der Waals surface area (Å²) in [6.45, 7) is 0.804. The summed E-state index contributed by atoms with van der Waals surface area (Å²) < 4.78 is 24.0. The van der Waals surface area contributed by atoms with Crippen molar-refractivity contribution < 1.29 is 18.9 Å². The van der Waals surface area contributed by atoms with Gasteiger partial charge in [-0.25, -0.2) is 4.98 Å². The van der Waals surface area contributed by atoms with Gasteiger partial charge in [0.15, 0.2) is 23.0 Å². The Hall–Kier alpha value is -3.67. The van der Waals surface area contributed by atoms with Crippen LogP contribution >= 0.6 is 0 Å². The molecule has 1 heterocycles. The molecule has 3 aromatic carbocycles. The minimum atomic E-state index is 0.695. The number of para-hydroxylation sites is 2. The number of ether oxygens (including phenoxy) is 4. The van der Waals surface area contributed by atoms with Crippen molar-refractivity contribution in [2.45, 2.75) is 19.4 Å². The first-order valence-electron chi connectivity index (χ1n) is 10.5. The third-order valence-corrected chi connectivity index (χ3v) is 5.62. The molecule has 0 saturated heterocycles. The summed E-state index contributed by atoms with van der Waals surface area (Å²) in [5.41, 5.74) is 4.42. The van der Waals surface area contributed by atoms with E-state index in [9.17, 15) is 0 Å². The zero-order chi connectivity index (χ0) is 22.5. The monoisotopic (exact) mass is 432 g/mol. The van der Waals surface area contributed by atoms with Gasteiger partial charge in [0.05, 0.1) is 39.5 Å². The lowest BCUT2D eigenvalue weighted by Gasteiger charge is -2.13. The first-order chi connectivity index (χ1) is 15.7. The second-order valence-corrected chi connectivity index (χ2v) is 7.47. The van der Waals surface area contributed by atoms with Crippen LogP contribution in [-0.4, -0.2) is 38.0 Å². The van der Waals surface area contributed by atoms with Gasteiger partial charge in [-0.3, -0.25) is 0 Å². The van der Waals surface area contributed by atoms with Gasteiger partial charge in [0, 0.05) is 13.0 Å². The Kier molecular flexibility index (Phi) is 6.50. The molecule has 0 N–H and O–H groups in total. The highest BCUT2D eigenvalue weighted by Crippen LogP contribution is 2.30. The Morgan fingerprint density at radius 3 is 1.94 bits per heavy atom. The fraction of sp³-hybridized carbons (Fsp3) is 0.269. The summed E-state index contributed by atoms with van der Waals surface area (Å²) in [6, 6.07) is 20.3. The maximum atomic E-state index is 5.48. The molecular formula is C26H28N2O4. The Balaban J connectivity index is 1.64. The van der Waals surface area contributed by atoms with Crippen molar-refractivity contribution in [3.63, 3.8) is 0 Å². The Labute approximate surface area is 188 Å². The molecule has 166 valence electrons. The summed E-state index contributed by atoms with van der Waals surface area (Å²) in [4.78, 5) is 4.93. The molecule has 0 fully saturated rings. The molecule has 0 spiro atoms. The largest absolute Gasteiger partial charge is 0.493 e. The molecule has 1 aromatic heterocycles. The van der Waals surface area contributed by atoms with Crippen LogP contribution in [0.4, 0.5) is 0 Å². The van der Waals surface area contributed by atoms with Gasteiger partial charge in [-0.2, -0.15) is 0 Å². The van der Waals surface area contributed by atoms with E-state index in [1.165, 1.54) is 5.56 Å². The molecule has 0 aliphatic rings. The lowest BCUT2D eigenvalue weighted by Crippen LogP contribution is -2.07. The molecule has 0 amide bonds. The van der Waals surface area contributed by atoms with Gasteiger partial charge in [0.1, 0.15) is 5.82 Å². The summed E-state index contributed by atoms with van der Waals surface area (Å²) in [7, 11) is 6.60. The van der Waals surface area contributed by atoms with E-state index >= 15 is 0 Å². The number of hydrogen-bond acceptors (Lipinski definition) is 5. The summed E-state index contributed by atoms with van der Waals surface area (Å²) in [5, 5.41) is 0. The highest BCUT2D eigenvalue weighted by Gasteiger charge is 2.13. The third-order valence-electron chi connectivity index (χ3n) is 5.62. The maximum absolute atomic E-state index is 5.48. The molecule has 6 nitrogen and oxygen atoms in total. The van der Waals surface area contributed by atoms with Crippen molar-refractivity contribution in [3.8, 4) is 23.0 Å². The lowest BCUT2D eigenvalue weighted by molar-refractivity contribution is 0.354. The van der Waals surface area contributed by atoms with Crippen LogP contribution in [0.1, 0.15) is 17.0 Å². The van der Waals surface area contributed by atoms with Crippen molar-refractivity contribution in [1.29, 1.82) is 0 Å². The SMILES string of the molecule is COc1ccc(CCn2c(Cc3ccc(OC)c(OC)c3)nc3ccccc32)cc1OC. The van der Waals surface area contributed by atoms with Gasteiger partial charge in [-0.15, -0.1) is 0 Å². The molecule has 4 aromatic rings. The summed E-state index contributed by atoms with van der Waals surface area (Å²) in [6.07, 6.45) is 1.54. The standard InChI is InChI=1S/C26H28N2O4/c1-29-22-11-9-18(15-24(22)31-3)13-14-28-21-8-6-5-7-20(21)27-26(28)17-19-10-12-23(30-2)25(16-19)32-4/h5-12,15-16H,13-14,17H2,1-4H3. The van der Waals surface area contributed by atoms with E-state index in [2.05, 4.69) is 34.9 Å². The molecule has 32 heavy (non-hydrogen) atoms. The number of aromatic nitrogens is 2. The maximum Gasteiger partial charge on any atom is 0.161 e. The molecule has 0 saturated carbocycles. The minimum Gasteiger partial charge on any atom is -0.493 e. The molecule has 0 atom stereocenters. The fourth-order valence-electron chi connectivity index (χ4n) is 3.96. The Bertz CT molecular complexity index is 1220. The van der Waals surface area contributed by atoms with Crippen LogP contribution in [0, 0.1) is 0 Å². The number of nitrogens with zero attached hydrogens (tertiary/aromatic N) is 2. The molecular weight excluding hydrogens is 404 g/mol. The van der Waals surface area contributed by atoms with Crippen molar-refractivity contribution in [2.75, 3.05) is 28.4 Å². The van der Waals surface area contributed by atoms with E-state index in [4.69, 9.17) is 23.9 Å². The molecule has 0 unspecified atom stereocenters. The molecule has 0 aliphatic heterocycles. The normalized spacial score (nSPS) is 10.9. The second kappa shape index (κ2) is 9.64. The smallest absolute Gasteiger partial charge is 0.161 e. The number of aryl methyl sites for hydroxylation is 2. The van der Waals surface area contributed by atoms with Crippen LogP contribution in [0.15, 0.2) is 60.7 Å². The molecule has 0 radical (unpaired) electrons. The van der Waals surface area contributed by atoms with Gasteiger partial charge < -0.3 is 23.5 Å². The Morgan fingerprint density at radius 2 is 1.28 bits per heavy atom. The Morgan fingerprint density at radius 1 is 0.688 bits per heavy atom. The zero-order valence-corrected chi connectivity index (χ0v) is 18.9. The molecule has 0 bridgehead atoms. The average molecular weight is 433 g/mol. The summed E-state index contributed by atoms with van der Waals surface area (Å²) in [5.74, 6) is 3.93. The fourth-order valence-corrected chi connectivity index (χ4v) is 3.96. The number of imidazole rings is 1. The van der Waals surface area contributed by atoms with E-state index in [1.54, 1.807) is 28.4 Å². The van der Waals surface area contributed by atoms with Crippen LogP contribution in [-0.2, 0) is 19.4 Å². The summed E-state index contributed by atoms with van der Waals surface area (Å²) >= 11 is 0. The second-order valence-electron chi connectivity index (χ2n) is 7.47. The van der Waals surface area contributed by atoms with E-state index in [0.29, 0.717) is 6.42 Å². The number of hydrogen-bond donors (Lipinski definition) is 0. The first-order valence-corrected chi connectivity index (χ1v) is 10.5. The van der Waals surface area contributed by atoms with Gasteiger partial charge >= 0.3 is 0 Å². The van der Waals surface area contributed by atoms with Gasteiger partial charge in [-0.1, -0.05) is 24.3 Å². The van der Waals surface area contributed by atoms with Gasteiger partial charge in [0.2, 0.25) is 0 Å². The number of benzene rings is 3. The van der Waals surface area contributed by atoms with E-state index in [1.807, 2.05) is 30.3 Å². The number of rotatable bonds is 9. The van der Waals surface area contributed by atoms with E-state index < -0.39 is 0 Å². The van der Waals surface area contributed by atoms with Crippen LogP contribution < -0.4 is 18.9 Å². The zero-order valence-electron chi connectivity index (χ0n) is 18.9. The quantitative estimate of drug-likeness (QED) is 0.376. The predicted molar refractivity (Wildman–Crippen MR) is 125 cm³/mol. The average Bonchev–Trinajstić information content (AvgIpc) is 3.19. The van der Waals surface area contributed by atoms with Crippen molar-refractivity contribution in [1.82, 2.24) is 9.55 Å². The number of methoxy groups -OCH3 is 4. The molecule has 4 rings (SSSR count). The lowest BCUT2D eigenvalue weighted by atomic mass is 10.1. The van der Waals surface area contributed by atoms with E-state index in [-0.39, 0.29) is 0 Å². The van der Waals surface area contributed by atoms with Crippen molar-refractivity contribution in [2.24, 2.45) is 0 Å². The predicted octanol–water partition coefficient (Wildman–Crippen LogP) is 4.90. The highest BCUT2D eigenvalue weighted by molar-refractivity contribution is 5.76. The van der Waals surface area contributed by atoms with Gasteiger partial charge in [0.25, 0.3) is 0 Å². The van der Waals surface area contributed by atoms with Crippen molar-refractivity contribution in [3.05, 3.63) is 77.6 Å². The van der Waals surface area contributed by atoms with Crippen LogP contribution in [0.2, 0.25) is 0 Å². The highest BCUT2D eigenvalue weighted by atomic mass is 16.5. The minimum absolute atomic E-state index is 0.695. The molecule has 0 aliphatic carbocycles. The van der Waals surface area contributed by atoms with E-state index in [0.717, 1.165) is 58.4 Å². The van der Waals surface area contributed by atoms with Gasteiger partial charge in [-0.05, 0) is 53.9 Å². The third kappa shape index (κ3) is 4.35. The van der Waals surface area contributed by atoms with Crippen LogP contribution in [0.25, 0.3) is 11.0 Å². The number of fused-ring (bicyclic) bond motifs is 1.